The van der Waals surface area contributed by atoms with E-state index in [0.717, 1.165) is 6.07 Å². The Kier molecular flexibility index (Phi) is 6.48. The predicted molar refractivity (Wildman–Crippen MR) is 134 cm³/mol. The highest BCUT2D eigenvalue weighted by atomic mass is 19.1. The van der Waals surface area contributed by atoms with Gasteiger partial charge in [-0.2, -0.15) is 0 Å². The zero-order chi connectivity index (χ0) is 26.1. The van der Waals surface area contributed by atoms with Crippen molar-refractivity contribution in [3.05, 3.63) is 118 Å². The molecule has 188 valence electrons. The van der Waals surface area contributed by atoms with Crippen molar-refractivity contribution < 1.29 is 27.5 Å². The summed E-state index contributed by atoms with van der Waals surface area (Å²) in [5.74, 6) is -0.698. The molecule has 4 aromatic rings. The molecule has 0 saturated heterocycles. The Morgan fingerprint density at radius 1 is 0.973 bits per heavy atom. The molecule has 1 aliphatic rings. The van der Waals surface area contributed by atoms with Crippen LogP contribution < -0.4 is 14.9 Å². The minimum absolute atomic E-state index is 0.0381. The Morgan fingerprint density at radius 2 is 1.73 bits per heavy atom. The average molecular weight is 504 g/mol. The van der Waals surface area contributed by atoms with Gasteiger partial charge in [-0.15, -0.1) is 0 Å². The molecule has 37 heavy (non-hydrogen) atoms. The van der Waals surface area contributed by atoms with Crippen LogP contribution in [0.15, 0.2) is 82.5 Å². The van der Waals surface area contributed by atoms with Gasteiger partial charge >= 0.3 is 0 Å². The molecule has 0 fully saturated rings. The van der Waals surface area contributed by atoms with E-state index >= 15 is 0 Å². The van der Waals surface area contributed by atoms with Gasteiger partial charge in [0.25, 0.3) is 5.91 Å². The maximum absolute atomic E-state index is 14.0. The van der Waals surface area contributed by atoms with Gasteiger partial charge in [0.1, 0.15) is 23.8 Å². The quantitative estimate of drug-likeness (QED) is 0.285. The smallest absolute Gasteiger partial charge is 0.291 e. The van der Waals surface area contributed by atoms with Crippen LogP contribution in [0.5, 0.6) is 11.5 Å². The Bertz CT molecular complexity index is 1560. The highest BCUT2D eigenvalue weighted by Gasteiger charge is 2.43. The van der Waals surface area contributed by atoms with Gasteiger partial charge < -0.3 is 18.8 Å². The lowest BCUT2D eigenvalue weighted by atomic mass is 9.97. The first-order chi connectivity index (χ1) is 17.9. The van der Waals surface area contributed by atoms with E-state index in [1.54, 1.807) is 36.4 Å². The molecule has 0 N–H and O–H groups in total. The van der Waals surface area contributed by atoms with Crippen molar-refractivity contribution in [3.8, 4) is 11.5 Å². The van der Waals surface area contributed by atoms with E-state index in [0.29, 0.717) is 29.2 Å². The predicted octanol–water partition coefficient (Wildman–Crippen LogP) is 5.78. The van der Waals surface area contributed by atoms with Crippen molar-refractivity contribution in [2.75, 3.05) is 13.2 Å². The van der Waals surface area contributed by atoms with Crippen molar-refractivity contribution in [2.45, 2.75) is 19.5 Å². The zero-order valence-corrected chi connectivity index (χ0v) is 20.0. The summed E-state index contributed by atoms with van der Waals surface area (Å²) in [4.78, 5) is 28.7. The summed E-state index contributed by atoms with van der Waals surface area (Å²) in [6, 6.07) is 13.6. The molecule has 5 rings (SSSR count). The molecule has 0 aliphatic carbocycles. The van der Waals surface area contributed by atoms with E-state index in [9.17, 15) is 18.4 Å². The van der Waals surface area contributed by atoms with Gasteiger partial charge in [-0.25, -0.2) is 8.78 Å². The van der Waals surface area contributed by atoms with Crippen LogP contribution in [-0.2, 0) is 6.54 Å². The van der Waals surface area contributed by atoms with Crippen LogP contribution in [0.25, 0.3) is 11.0 Å². The molecule has 1 amide bonds. The van der Waals surface area contributed by atoms with Gasteiger partial charge in [-0.3, -0.25) is 9.59 Å². The molecule has 1 aliphatic heterocycles. The molecule has 6 nitrogen and oxygen atoms in total. The topological polar surface area (TPSA) is 69.0 Å². The van der Waals surface area contributed by atoms with Crippen molar-refractivity contribution >= 4 is 16.9 Å². The number of halogens is 2. The summed E-state index contributed by atoms with van der Waals surface area (Å²) in [6.45, 7) is 6.19. The lowest BCUT2D eigenvalue weighted by Gasteiger charge is -2.26. The number of nitrogens with zero attached hydrogens (tertiary/aromatic N) is 1. The van der Waals surface area contributed by atoms with E-state index in [2.05, 4.69) is 6.58 Å². The molecular weight excluding hydrogens is 480 g/mol. The third-order valence-corrected chi connectivity index (χ3v) is 6.13. The van der Waals surface area contributed by atoms with E-state index in [4.69, 9.17) is 13.9 Å². The minimum atomic E-state index is -0.857. The number of ether oxygens (including phenoxy) is 2. The molecule has 0 spiro atoms. The van der Waals surface area contributed by atoms with Gasteiger partial charge in [-0.1, -0.05) is 30.9 Å². The SMILES string of the molecule is C=CCOc1ccc(C2c3c(oc4ccc(F)cc4c3=O)C(=O)N2Cc2ccc(F)cc2)cc1OCC. The number of carbonyl (C=O) groups is 1. The van der Waals surface area contributed by atoms with Gasteiger partial charge in [0.05, 0.1) is 23.6 Å². The Hall–Kier alpha value is -4.46. The molecule has 1 atom stereocenters. The average Bonchev–Trinajstić information content (AvgIpc) is 3.16. The molecule has 0 radical (unpaired) electrons. The van der Waals surface area contributed by atoms with Crippen LogP contribution in [0.2, 0.25) is 0 Å². The summed E-state index contributed by atoms with van der Waals surface area (Å²) in [6.07, 6.45) is 1.61. The number of carbonyl (C=O) groups excluding carboxylic acids is 1. The second-order valence-corrected chi connectivity index (χ2v) is 8.52. The first-order valence-corrected chi connectivity index (χ1v) is 11.7. The number of amides is 1. The second-order valence-electron chi connectivity index (χ2n) is 8.52. The number of rotatable bonds is 8. The maximum Gasteiger partial charge on any atom is 0.291 e. The first-order valence-electron chi connectivity index (χ1n) is 11.7. The standard InChI is InChI=1S/C29H23F2NO5/c1-3-13-36-23-11-7-18(14-24(23)35-4-2)26-25-27(33)21-15-20(31)10-12-22(21)37-28(25)29(34)32(26)16-17-5-8-19(30)9-6-17/h3,5-12,14-15,26H,1,4,13,16H2,2H3. The highest BCUT2D eigenvalue weighted by Crippen LogP contribution is 2.41. The lowest BCUT2D eigenvalue weighted by molar-refractivity contribution is 0.0714. The Balaban J connectivity index is 1.69. The van der Waals surface area contributed by atoms with Crippen LogP contribution in [0.4, 0.5) is 8.78 Å². The normalized spacial score (nSPS) is 14.6. The summed E-state index contributed by atoms with van der Waals surface area (Å²) < 4.78 is 44.9. The van der Waals surface area contributed by atoms with E-state index < -0.39 is 29.0 Å². The summed E-state index contributed by atoms with van der Waals surface area (Å²) in [7, 11) is 0. The molecule has 2 heterocycles. The van der Waals surface area contributed by atoms with Gasteiger partial charge in [0.2, 0.25) is 5.76 Å². The fourth-order valence-electron chi connectivity index (χ4n) is 4.52. The molecule has 0 bridgehead atoms. The largest absolute Gasteiger partial charge is 0.490 e. The van der Waals surface area contributed by atoms with Gasteiger partial charge in [-0.05, 0) is 60.5 Å². The summed E-state index contributed by atoms with van der Waals surface area (Å²) in [5, 5.41) is 0.0381. The van der Waals surface area contributed by atoms with Crippen molar-refractivity contribution in [1.29, 1.82) is 0 Å². The van der Waals surface area contributed by atoms with Gasteiger partial charge in [0, 0.05) is 6.54 Å². The summed E-state index contributed by atoms with van der Waals surface area (Å²) in [5.41, 5.74) is 0.954. The highest BCUT2D eigenvalue weighted by molar-refractivity contribution is 5.99. The Morgan fingerprint density at radius 3 is 2.46 bits per heavy atom. The number of benzene rings is 3. The molecule has 3 aromatic carbocycles. The molecule has 8 heteroatoms. The van der Waals surface area contributed by atoms with Crippen molar-refractivity contribution in [3.63, 3.8) is 0 Å². The molecule has 1 unspecified atom stereocenters. The minimum Gasteiger partial charge on any atom is -0.490 e. The third kappa shape index (κ3) is 4.46. The number of fused-ring (bicyclic) bond motifs is 2. The molecule has 0 saturated carbocycles. The van der Waals surface area contributed by atoms with Crippen LogP contribution >= 0.6 is 0 Å². The van der Waals surface area contributed by atoms with Crippen molar-refractivity contribution in [2.24, 2.45) is 0 Å². The monoisotopic (exact) mass is 503 g/mol. The lowest BCUT2D eigenvalue weighted by Crippen LogP contribution is -2.29. The maximum atomic E-state index is 14.0. The van der Waals surface area contributed by atoms with Gasteiger partial charge in [0.15, 0.2) is 16.9 Å². The number of hydrogen-bond donors (Lipinski definition) is 0. The van der Waals surface area contributed by atoms with Crippen LogP contribution in [-0.4, -0.2) is 24.0 Å². The van der Waals surface area contributed by atoms with Crippen LogP contribution in [0.3, 0.4) is 0 Å². The van der Waals surface area contributed by atoms with E-state index in [1.165, 1.54) is 29.2 Å². The van der Waals surface area contributed by atoms with Crippen LogP contribution in [0, 0.1) is 11.6 Å². The first kappa shape index (κ1) is 24.2. The Labute approximate surface area is 211 Å². The third-order valence-electron chi connectivity index (χ3n) is 6.13. The fraction of sp³-hybridized carbons (Fsp3) is 0.172. The molecular formula is C29H23F2NO5. The van der Waals surface area contributed by atoms with E-state index in [-0.39, 0.29) is 35.4 Å². The second kappa shape index (κ2) is 9.89. The fourth-order valence-corrected chi connectivity index (χ4v) is 4.52. The van der Waals surface area contributed by atoms with Crippen LogP contribution in [0.1, 0.15) is 40.2 Å². The number of hydrogen-bond acceptors (Lipinski definition) is 5. The zero-order valence-electron chi connectivity index (χ0n) is 20.0. The summed E-state index contributed by atoms with van der Waals surface area (Å²) >= 11 is 0. The van der Waals surface area contributed by atoms with Crippen molar-refractivity contribution in [1.82, 2.24) is 4.90 Å². The van der Waals surface area contributed by atoms with E-state index in [1.807, 2.05) is 6.92 Å². The molecule has 1 aromatic heterocycles.